The molecule has 0 bridgehead atoms. The molecule has 2 aromatic rings. The number of hydrogen-bond acceptors (Lipinski definition) is 8. The van der Waals surface area contributed by atoms with E-state index in [0.29, 0.717) is 22.4 Å². The molecule has 0 aromatic heterocycles. The van der Waals surface area contributed by atoms with Gasteiger partial charge in [-0.3, -0.25) is 4.79 Å². The first-order valence-corrected chi connectivity index (χ1v) is 15.1. The molecule has 4 rings (SSSR count). The molecule has 0 spiro atoms. The maximum Gasteiger partial charge on any atom is 0.408 e. The van der Waals surface area contributed by atoms with Crippen LogP contribution in [0.5, 0.6) is 11.5 Å². The smallest absolute Gasteiger partial charge is 0.408 e. The van der Waals surface area contributed by atoms with Crippen molar-refractivity contribution in [3.8, 4) is 11.5 Å². The van der Waals surface area contributed by atoms with Crippen molar-refractivity contribution in [3.05, 3.63) is 54.1 Å². The number of fused-ring (bicyclic) bond motifs is 1. The lowest BCUT2D eigenvalue weighted by Crippen LogP contribution is -2.45. The van der Waals surface area contributed by atoms with Crippen LogP contribution in [0.4, 0.5) is 10.5 Å². The summed E-state index contributed by atoms with van der Waals surface area (Å²) in [7, 11) is -0.228. The molecule has 2 fully saturated rings. The predicted octanol–water partition coefficient (Wildman–Crippen LogP) is 3.44. The van der Waals surface area contributed by atoms with Crippen molar-refractivity contribution in [3.63, 3.8) is 0 Å². The molecule has 39 heavy (non-hydrogen) atoms. The molecule has 210 valence electrons. The van der Waals surface area contributed by atoms with Crippen LogP contribution in [0.2, 0.25) is 0 Å². The van der Waals surface area contributed by atoms with Crippen LogP contribution in [-0.4, -0.2) is 74.2 Å². The molecule has 1 N–H and O–H groups in total. The van der Waals surface area contributed by atoms with Gasteiger partial charge in [-0.05, 0) is 38.5 Å². The van der Waals surface area contributed by atoms with Gasteiger partial charge in [0, 0.05) is 17.7 Å². The fourth-order valence-corrected chi connectivity index (χ4v) is 8.42. The van der Waals surface area contributed by atoms with Crippen molar-refractivity contribution in [2.75, 3.05) is 30.6 Å². The Morgan fingerprint density at radius 2 is 1.82 bits per heavy atom. The van der Waals surface area contributed by atoms with Crippen molar-refractivity contribution in [2.45, 2.75) is 50.1 Å². The van der Waals surface area contributed by atoms with E-state index in [1.165, 1.54) is 26.0 Å². The molecule has 2 saturated heterocycles. The van der Waals surface area contributed by atoms with E-state index in [4.69, 9.17) is 14.2 Å². The number of sulfone groups is 1. The Morgan fingerprint density at radius 1 is 1.10 bits per heavy atom. The molecule has 0 aliphatic carbocycles. The Hall–Kier alpha value is -3.25. The molecule has 2 heterocycles. The number of alkyl carbamates (subject to hydrolysis) is 1. The van der Waals surface area contributed by atoms with Crippen molar-refractivity contribution >= 4 is 44.5 Å². The average Bonchev–Trinajstić information content (AvgIpc) is 3.33. The molecular formula is C27H33N3O7S2. The zero-order valence-corrected chi connectivity index (χ0v) is 24.2. The first kappa shape index (κ1) is 28.8. The Balaban J connectivity index is 1.71. The highest BCUT2D eigenvalue weighted by Crippen LogP contribution is 2.45. The van der Waals surface area contributed by atoms with Gasteiger partial charge in [-0.25, -0.2) is 13.2 Å². The van der Waals surface area contributed by atoms with Crippen LogP contribution in [-0.2, 0) is 25.8 Å². The summed E-state index contributed by atoms with van der Waals surface area (Å²) in [6.45, 7) is 5.21. The highest BCUT2D eigenvalue weighted by molar-refractivity contribution is 8.16. The van der Waals surface area contributed by atoms with Gasteiger partial charge in [0.25, 0.3) is 5.91 Å². The third kappa shape index (κ3) is 7.04. The van der Waals surface area contributed by atoms with Crippen molar-refractivity contribution in [1.29, 1.82) is 0 Å². The van der Waals surface area contributed by atoms with E-state index in [9.17, 15) is 18.0 Å². The highest BCUT2D eigenvalue weighted by Gasteiger charge is 2.50. The standard InChI is InChI=1S/C27H33N3O7S2/c1-27(2,3)37-26(32)28-19(13-17-9-7-6-8-10-17)24(31)29-25-30(21-15-39(33,34)16-23(21)38-25)20-14-18(35-4)11-12-22(20)36-5/h6-12,14,19,21,23H,13,15-16H2,1-5H3,(H,28,32)/t19-,21+,23+/m0/s1. The zero-order valence-electron chi connectivity index (χ0n) is 22.5. The number of hydrogen-bond donors (Lipinski definition) is 1. The van der Waals surface area contributed by atoms with Gasteiger partial charge in [0.2, 0.25) is 0 Å². The lowest BCUT2D eigenvalue weighted by atomic mass is 10.1. The summed E-state index contributed by atoms with van der Waals surface area (Å²) in [4.78, 5) is 32.4. The number of nitrogens with one attached hydrogen (secondary N) is 1. The van der Waals surface area contributed by atoms with Gasteiger partial charge < -0.3 is 24.4 Å². The SMILES string of the molecule is COc1ccc(OC)c(N2C(=NC(=O)[C@H](Cc3ccccc3)NC(=O)OC(C)(C)C)S[C@@H]3CS(=O)(=O)C[C@H]32)c1. The number of ether oxygens (including phenoxy) is 3. The van der Waals surface area contributed by atoms with E-state index in [1.807, 2.05) is 30.3 Å². The summed E-state index contributed by atoms with van der Waals surface area (Å²) in [5.41, 5.74) is 0.626. The number of thioether (sulfide) groups is 1. The van der Waals surface area contributed by atoms with E-state index < -0.39 is 39.5 Å². The number of amidine groups is 1. The summed E-state index contributed by atoms with van der Waals surface area (Å²) in [5, 5.41) is 2.69. The minimum Gasteiger partial charge on any atom is -0.497 e. The first-order chi connectivity index (χ1) is 18.4. The van der Waals surface area contributed by atoms with Crippen molar-refractivity contribution in [1.82, 2.24) is 5.32 Å². The minimum atomic E-state index is -3.27. The summed E-state index contributed by atoms with van der Waals surface area (Å²) < 4.78 is 41.4. The summed E-state index contributed by atoms with van der Waals surface area (Å²) in [5.74, 6) is 0.333. The topological polar surface area (TPSA) is 124 Å². The number of amides is 2. The van der Waals surface area contributed by atoms with Crippen LogP contribution < -0.4 is 19.7 Å². The van der Waals surface area contributed by atoms with Crippen LogP contribution in [0, 0.1) is 0 Å². The Morgan fingerprint density at radius 3 is 2.46 bits per heavy atom. The number of rotatable bonds is 7. The number of nitrogens with zero attached hydrogens (tertiary/aromatic N) is 2. The molecule has 12 heteroatoms. The third-order valence-corrected chi connectivity index (χ3v) is 9.40. The van der Waals surface area contributed by atoms with Crippen LogP contribution in [0.1, 0.15) is 26.3 Å². The molecule has 2 aliphatic rings. The second-order valence-corrected chi connectivity index (χ2v) is 13.7. The molecule has 0 unspecified atom stereocenters. The normalized spacial score (nSPS) is 21.8. The molecule has 0 radical (unpaired) electrons. The van der Waals surface area contributed by atoms with Crippen molar-refractivity contribution < 1.29 is 32.2 Å². The Labute approximate surface area is 233 Å². The number of carbonyl (C=O) groups excluding carboxylic acids is 2. The maximum absolute atomic E-state index is 13.6. The number of carbonyl (C=O) groups is 2. The van der Waals surface area contributed by atoms with Crippen LogP contribution in [0.25, 0.3) is 0 Å². The molecular weight excluding hydrogens is 542 g/mol. The van der Waals surface area contributed by atoms with Crippen LogP contribution in [0.3, 0.4) is 0 Å². The molecule has 10 nitrogen and oxygen atoms in total. The van der Waals surface area contributed by atoms with E-state index in [-0.39, 0.29) is 23.2 Å². The summed E-state index contributed by atoms with van der Waals surface area (Å²) in [6.07, 6.45) is -0.533. The number of methoxy groups -OCH3 is 2. The lowest BCUT2D eigenvalue weighted by Gasteiger charge is -2.27. The minimum absolute atomic E-state index is 0.0259. The number of benzene rings is 2. The Kier molecular flexibility index (Phi) is 8.45. The average molecular weight is 576 g/mol. The van der Waals surface area contributed by atoms with E-state index >= 15 is 0 Å². The van der Waals surface area contributed by atoms with Crippen molar-refractivity contribution in [2.24, 2.45) is 4.99 Å². The van der Waals surface area contributed by atoms with E-state index in [2.05, 4.69) is 10.3 Å². The number of anilines is 1. The summed E-state index contributed by atoms with van der Waals surface area (Å²) >= 11 is 1.24. The predicted molar refractivity (Wildman–Crippen MR) is 152 cm³/mol. The zero-order chi connectivity index (χ0) is 28.4. The van der Waals surface area contributed by atoms with Gasteiger partial charge in [-0.1, -0.05) is 42.1 Å². The molecule has 2 amide bonds. The fraction of sp³-hybridized carbons (Fsp3) is 0.444. The fourth-order valence-electron chi connectivity index (χ4n) is 4.50. The maximum atomic E-state index is 13.6. The second-order valence-electron chi connectivity index (χ2n) is 10.3. The Bertz CT molecular complexity index is 1360. The van der Waals surface area contributed by atoms with Gasteiger partial charge in [0.1, 0.15) is 23.1 Å². The highest BCUT2D eigenvalue weighted by atomic mass is 32.2. The van der Waals surface area contributed by atoms with E-state index in [0.717, 1.165) is 5.56 Å². The molecule has 2 aliphatic heterocycles. The summed E-state index contributed by atoms with van der Waals surface area (Å²) in [6, 6.07) is 13.0. The largest absolute Gasteiger partial charge is 0.497 e. The van der Waals surface area contributed by atoms with Gasteiger partial charge in [0.05, 0.1) is 37.5 Å². The monoisotopic (exact) mass is 575 g/mol. The van der Waals surface area contributed by atoms with Gasteiger partial charge in [-0.2, -0.15) is 4.99 Å². The first-order valence-electron chi connectivity index (χ1n) is 12.4. The molecule has 2 aromatic carbocycles. The van der Waals surface area contributed by atoms with Crippen LogP contribution >= 0.6 is 11.8 Å². The van der Waals surface area contributed by atoms with Gasteiger partial charge in [-0.15, -0.1) is 0 Å². The molecule has 3 atom stereocenters. The van der Waals surface area contributed by atoms with Crippen LogP contribution in [0.15, 0.2) is 53.5 Å². The van der Waals surface area contributed by atoms with Gasteiger partial charge >= 0.3 is 6.09 Å². The third-order valence-electron chi connectivity index (χ3n) is 6.19. The lowest BCUT2D eigenvalue weighted by molar-refractivity contribution is -0.119. The quantitative estimate of drug-likeness (QED) is 0.529. The van der Waals surface area contributed by atoms with Gasteiger partial charge in [0.15, 0.2) is 15.0 Å². The second kappa shape index (κ2) is 11.5. The molecule has 0 saturated carbocycles. The number of aliphatic imine (C=N–C) groups is 1. The van der Waals surface area contributed by atoms with E-state index in [1.54, 1.807) is 43.9 Å².